The zero-order valence-electron chi connectivity index (χ0n) is 7.42. The molecular formula is C8H7Cl2N3O. The van der Waals surface area contributed by atoms with Crippen LogP contribution in [0.1, 0.15) is 16.1 Å². The van der Waals surface area contributed by atoms with Gasteiger partial charge in [0.2, 0.25) is 5.28 Å². The molecule has 74 valence electrons. The summed E-state index contributed by atoms with van der Waals surface area (Å²) in [6.07, 6.45) is 0.674. The minimum absolute atomic E-state index is 0.0115. The van der Waals surface area contributed by atoms with Crippen LogP contribution in [0.2, 0.25) is 10.4 Å². The summed E-state index contributed by atoms with van der Waals surface area (Å²) >= 11 is 11.5. The van der Waals surface area contributed by atoms with Gasteiger partial charge in [-0.15, -0.1) is 0 Å². The number of rotatable bonds is 0. The molecule has 0 bridgehead atoms. The maximum absolute atomic E-state index is 11.6. The molecule has 0 aromatic carbocycles. The van der Waals surface area contributed by atoms with E-state index in [2.05, 4.69) is 9.97 Å². The molecule has 0 fully saturated rings. The van der Waals surface area contributed by atoms with Crippen molar-refractivity contribution < 1.29 is 4.79 Å². The van der Waals surface area contributed by atoms with Crippen molar-refractivity contribution >= 4 is 29.1 Å². The van der Waals surface area contributed by atoms with Gasteiger partial charge in [-0.05, 0) is 18.0 Å². The zero-order chi connectivity index (χ0) is 10.3. The van der Waals surface area contributed by atoms with E-state index in [1.54, 1.807) is 11.9 Å². The summed E-state index contributed by atoms with van der Waals surface area (Å²) in [5.74, 6) is -0.155. The van der Waals surface area contributed by atoms with Gasteiger partial charge < -0.3 is 4.90 Å². The van der Waals surface area contributed by atoms with Crippen molar-refractivity contribution in [3.8, 4) is 0 Å². The Bertz CT molecular complexity index is 408. The molecule has 1 aromatic heterocycles. The summed E-state index contributed by atoms with van der Waals surface area (Å²) in [6.45, 7) is 0.635. The predicted molar refractivity (Wildman–Crippen MR) is 52.7 cm³/mol. The highest BCUT2D eigenvalue weighted by Crippen LogP contribution is 2.23. The van der Waals surface area contributed by atoms with Gasteiger partial charge in [0.1, 0.15) is 10.8 Å². The first kappa shape index (κ1) is 9.68. The molecule has 0 radical (unpaired) electrons. The number of carbonyl (C=O) groups excluding carboxylic acids is 1. The lowest BCUT2D eigenvalue weighted by molar-refractivity contribution is 0.0774. The lowest BCUT2D eigenvalue weighted by atomic mass is 10.1. The largest absolute Gasteiger partial charge is 0.340 e. The summed E-state index contributed by atoms with van der Waals surface area (Å²) in [5.41, 5.74) is 1.02. The Hall–Kier alpha value is -0.870. The van der Waals surface area contributed by atoms with Gasteiger partial charge in [0.05, 0.1) is 0 Å². The van der Waals surface area contributed by atoms with Crippen molar-refractivity contribution in [1.29, 1.82) is 0 Å². The molecule has 6 heteroatoms. The second-order valence-electron chi connectivity index (χ2n) is 3.09. The molecule has 0 saturated carbocycles. The summed E-state index contributed by atoms with van der Waals surface area (Å²) in [7, 11) is 1.72. The Morgan fingerprint density at radius 1 is 1.36 bits per heavy atom. The number of nitrogens with zero attached hydrogens (tertiary/aromatic N) is 3. The number of halogens is 2. The average Bonchev–Trinajstić information content (AvgIpc) is 2.12. The lowest BCUT2D eigenvalue weighted by Gasteiger charge is -2.23. The van der Waals surface area contributed by atoms with E-state index in [4.69, 9.17) is 23.2 Å². The minimum Gasteiger partial charge on any atom is -0.340 e. The first-order valence-electron chi connectivity index (χ1n) is 4.07. The minimum atomic E-state index is -0.155. The number of likely N-dealkylation sites (N-methyl/N-ethyl adjacent to an activating group) is 1. The highest BCUT2D eigenvalue weighted by atomic mass is 35.5. The zero-order valence-corrected chi connectivity index (χ0v) is 8.93. The maximum atomic E-state index is 11.6. The van der Waals surface area contributed by atoms with Crippen LogP contribution < -0.4 is 0 Å². The molecule has 2 rings (SSSR count). The molecule has 14 heavy (non-hydrogen) atoms. The number of hydrogen-bond acceptors (Lipinski definition) is 3. The van der Waals surface area contributed by atoms with Gasteiger partial charge in [-0.25, -0.2) is 9.97 Å². The Morgan fingerprint density at radius 3 is 2.79 bits per heavy atom. The normalized spacial score (nSPS) is 15.6. The van der Waals surface area contributed by atoms with Crippen molar-refractivity contribution in [1.82, 2.24) is 14.9 Å². The molecule has 0 N–H and O–H groups in total. The van der Waals surface area contributed by atoms with Crippen LogP contribution >= 0.6 is 23.2 Å². The molecule has 0 atom stereocenters. The lowest BCUT2D eigenvalue weighted by Crippen LogP contribution is -2.35. The first-order valence-corrected chi connectivity index (χ1v) is 4.82. The first-order chi connectivity index (χ1) is 6.59. The van der Waals surface area contributed by atoms with Crippen LogP contribution in [-0.2, 0) is 6.42 Å². The number of amides is 1. The average molecular weight is 232 g/mol. The van der Waals surface area contributed by atoms with Crippen LogP contribution in [0.15, 0.2) is 0 Å². The molecule has 0 unspecified atom stereocenters. The van der Waals surface area contributed by atoms with E-state index in [1.165, 1.54) is 0 Å². The maximum Gasteiger partial charge on any atom is 0.272 e. The molecule has 0 saturated heterocycles. The molecule has 4 nitrogen and oxygen atoms in total. The topological polar surface area (TPSA) is 46.1 Å². The van der Waals surface area contributed by atoms with Crippen molar-refractivity contribution in [3.63, 3.8) is 0 Å². The van der Waals surface area contributed by atoms with Gasteiger partial charge in [0, 0.05) is 19.2 Å². The Morgan fingerprint density at radius 2 is 2.07 bits per heavy atom. The predicted octanol–water partition coefficient (Wildman–Crippen LogP) is 1.41. The van der Waals surface area contributed by atoms with E-state index in [9.17, 15) is 4.79 Å². The Balaban J connectivity index is 2.60. The van der Waals surface area contributed by atoms with Gasteiger partial charge in [0.15, 0.2) is 0 Å². The molecular weight excluding hydrogens is 225 g/mol. The van der Waals surface area contributed by atoms with Gasteiger partial charge in [0.25, 0.3) is 5.91 Å². The molecule has 1 aromatic rings. The molecule has 1 aliphatic heterocycles. The highest BCUT2D eigenvalue weighted by Gasteiger charge is 2.26. The van der Waals surface area contributed by atoms with Gasteiger partial charge in [-0.1, -0.05) is 11.6 Å². The Labute approximate surface area is 90.9 Å². The van der Waals surface area contributed by atoms with E-state index in [0.29, 0.717) is 24.2 Å². The standard InChI is InChI=1S/C8H7Cl2N3O/c1-13-3-2-4-5(7(13)14)11-8(10)12-6(4)9/h2-3H2,1H3. The Kier molecular flexibility index (Phi) is 2.33. The third kappa shape index (κ3) is 1.44. The van der Waals surface area contributed by atoms with Crippen LogP contribution in [0.25, 0.3) is 0 Å². The number of hydrogen-bond donors (Lipinski definition) is 0. The van der Waals surface area contributed by atoms with Crippen LogP contribution in [-0.4, -0.2) is 34.4 Å². The molecule has 1 amide bonds. The molecule has 2 heterocycles. The fraction of sp³-hybridized carbons (Fsp3) is 0.375. The van der Waals surface area contributed by atoms with Crippen molar-refractivity contribution in [3.05, 3.63) is 21.7 Å². The molecule has 0 aliphatic carbocycles. The SMILES string of the molecule is CN1CCc2c(Cl)nc(Cl)nc2C1=O. The van der Waals surface area contributed by atoms with E-state index < -0.39 is 0 Å². The van der Waals surface area contributed by atoms with E-state index in [-0.39, 0.29) is 16.3 Å². The summed E-state index contributed by atoms with van der Waals surface area (Å²) < 4.78 is 0. The molecule has 1 aliphatic rings. The van der Waals surface area contributed by atoms with Crippen LogP contribution in [0.5, 0.6) is 0 Å². The smallest absolute Gasteiger partial charge is 0.272 e. The van der Waals surface area contributed by atoms with Gasteiger partial charge in [-0.2, -0.15) is 0 Å². The number of carbonyl (C=O) groups is 1. The van der Waals surface area contributed by atoms with Crippen molar-refractivity contribution in [2.24, 2.45) is 0 Å². The second kappa shape index (κ2) is 3.37. The monoisotopic (exact) mass is 231 g/mol. The van der Waals surface area contributed by atoms with E-state index in [0.717, 1.165) is 0 Å². The molecule has 0 spiro atoms. The summed E-state index contributed by atoms with van der Waals surface area (Å²) in [6, 6.07) is 0. The van der Waals surface area contributed by atoms with Gasteiger partial charge >= 0.3 is 0 Å². The summed E-state index contributed by atoms with van der Waals surface area (Å²) in [4.78, 5) is 20.9. The van der Waals surface area contributed by atoms with E-state index in [1.807, 2.05) is 0 Å². The van der Waals surface area contributed by atoms with Crippen LogP contribution in [0.4, 0.5) is 0 Å². The fourth-order valence-electron chi connectivity index (χ4n) is 1.39. The van der Waals surface area contributed by atoms with Crippen molar-refractivity contribution in [2.75, 3.05) is 13.6 Å². The van der Waals surface area contributed by atoms with Crippen molar-refractivity contribution in [2.45, 2.75) is 6.42 Å². The van der Waals surface area contributed by atoms with Gasteiger partial charge in [-0.3, -0.25) is 4.79 Å². The van der Waals surface area contributed by atoms with Crippen LogP contribution in [0, 0.1) is 0 Å². The third-order valence-corrected chi connectivity index (χ3v) is 2.66. The second-order valence-corrected chi connectivity index (χ2v) is 3.78. The van der Waals surface area contributed by atoms with E-state index >= 15 is 0 Å². The van der Waals surface area contributed by atoms with Crippen LogP contribution in [0.3, 0.4) is 0 Å². The number of fused-ring (bicyclic) bond motifs is 1. The quantitative estimate of drug-likeness (QED) is 0.501. The highest BCUT2D eigenvalue weighted by molar-refractivity contribution is 6.32. The fourth-order valence-corrected chi connectivity index (χ4v) is 1.87. The third-order valence-electron chi connectivity index (χ3n) is 2.18. The summed E-state index contributed by atoms with van der Waals surface area (Å²) in [5, 5.41) is 0.291. The number of aromatic nitrogens is 2.